The van der Waals surface area contributed by atoms with Crippen LogP contribution in [0.3, 0.4) is 0 Å². The Morgan fingerprint density at radius 2 is 1.62 bits per heavy atom. The Kier molecular flexibility index (Phi) is 7.82. The van der Waals surface area contributed by atoms with Gasteiger partial charge in [0.25, 0.3) is 0 Å². The van der Waals surface area contributed by atoms with Gasteiger partial charge in [-0.2, -0.15) is 0 Å². The van der Waals surface area contributed by atoms with E-state index in [1.807, 2.05) is 26.2 Å². The first kappa shape index (κ1) is 26.7. The predicted molar refractivity (Wildman–Crippen MR) is 154 cm³/mol. The highest BCUT2D eigenvalue weighted by Crippen LogP contribution is 2.49. The summed E-state index contributed by atoms with van der Waals surface area (Å²) in [5.41, 5.74) is 5.32. The molecule has 2 fully saturated rings. The molecule has 202 valence electrons. The van der Waals surface area contributed by atoms with E-state index in [2.05, 4.69) is 46.0 Å². The second-order valence-electron chi connectivity index (χ2n) is 10.9. The maximum absolute atomic E-state index is 14.8. The number of methoxy groups -OCH3 is 1. The van der Waals surface area contributed by atoms with E-state index < -0.39 is 11.8 Å². The van der Waals surface area contributed by atoms with Crippen LogP contribution in [-0.4, -0.2) is 33.1 Å². The fourth-order valence-corrected chi connectivity index (χ4v) is 6.06. The number of anilines is 2. The van der Waals surface area contributed by atoms with Crippen LogP contribution in [0.1, 0.15) is 36.8 Å². The number of amides is 1. The van der Waals surface area contributed by atoms with Gasteiger partial charge >= 0.3 is 5.97 Å². The highest BCUT2D eigenvalue weighted by atomic mass is 19.1. The molecule has 2 bridgehead atoms. The number of esters is 1. The number of benzene rings is 3. The third kappa shape index (κ3) is 6.06. The van der Waals surface area contributed by atoms with Crippen molar-refractivity contribution in [3.63, 3.8) is 0 Å². The van der Waals surface area contributed by atoms with Gasteiger partial charge in [-0.15, -0.1) is 0 Å². The molecular weight excluding hydrogens is 491 g/mol. The Bertz CT molecular complexity index is 1360. The van der Waals surface area contributed by atoms with E-state index in [4.69, 9.17) is 0 Å². The minimum absolute atomic E-state index is 0.0319. The van der Waals surface area contributed by atoms with Gasteiger partial charge in [0.15, 0.2) is 0 Å². The van der Waals surface area contributed by atoms with Gasteiger partial charge in [-0.05, 0) is 89.8 Å². The minimum atomic E-state index is -0.521. The normalized spacial score (nSPS) is 19.8. The molecule has 0 aromatic heterocycles. The van der Waals surface area contributed by atoms with Crippen molar-refractivity contribution in [3.05, 3.63) is 89.8 Å². The first-order valence-corrected chi connectivity index (χ1v) is 13.6. The molecule has 0 N–H and O–H groups in total. The van der Waals surface area contributed by atoms with Gasteiger partial charge in [0, 0.05) is 37.5 Å². The van der Waals surface area contributed by atoms with Crippen LogP contribution in [0.25, 0.3) is 17.2 Å². The maximum Gasteiger partial charge on any atom is 0.330 e. The van der Waals surface area contributed by atoms with E-state index in [1.54, 1.807) is 11.0 Å². The molecule has 5 rings (SSSR count). The Morgan fingerprint density at radius 3 is 2.21 bits per heavy atom. The quantitative estimate of drug-likeness (QED) is 0.242. The maximum atomic E-state index is 14.8. The standard InChI is InChI=1S/C33H35FN2O3/c1-35(2)29-13-11-26(12-14-29)25-8-4-22(5-9-25)21-36(33(38)31-19-23-6-10-27(31)16-23)30-18-24(17-28(34)20-30)7-15-32(37)39-3/h4-5,7-9,11-15,17-18,20,23,27,31H,6,10,16,19,21H2,1-3H3/b15-7+. The van der Waals surface area contributed by atoms with Crippen molar-refractivity contribution in [2.24, 2.45) is 17.8 Å². The van der Waals surface area contributed by atoms with Crippen LogP contribution >= 0.6 is 0 Å². The zero-order chi connectivity index (χ0) is 27.5. The van der Waals surface area contributed by atoms with Gasteiger partial charge in [0.2, 0.25) is 5.91 Å². The van der Waals surface area contributed by atoms with Crippen molar-refractivity contribution >= 4 is 29.3 Å². The average molecular weight is 527 g/mol. The van der Waals surface area contributed by atoms with Crippen molar-refractivity contribution in [3.8, 4) is 11.1 Å². The summed E-state index contributed by atoms with van der Waals surface area (Å²) in [7, 11) is 5.33. The van der Waals surface area contributed by atoms with Crippen molar-refractivity contribution in [1.29, 1.82) is 0 Å². The van der Waals surface area contributed by atoms with E-state index in [1.165, 1.54) is 37.8 Å². The molecule has 2 aliphatic carbocycles. The van der Waals surface area contributed by atoms with E-state index in [0.29, 0.717) is 29.6 Å². The Hall–Kier alpha value is -3.93. The SMILES string of the molecule is COC(=O)/C=C/c1cc(F)cc(N(Cc2ccc(-c3ccc(N(C)C)cc3)cc2)C(=O)C2CC3CCC2C3)c1. The van der Waals surface area contributed by atoms with Crippen LogP contribution in [0.15, 0.2) is 72.8 Å². The lowest BCUT2D eigenvalue weighted by Crippen LogP contribution is -2.38. The number of nitrogens with zero attached hydrogens (tertiary/aromatic N) is 2. The van der Waals surface area contributed by atoms with Crippen LogP contribution in [0.5, 0.6) is 0 Å². The lowest BCUT2D eigenvalue weighted by Gasteiger charge is -2.30. The Balaban J connectivity index is 1.43. The van der Waals surface area contributed by atoms with Crippen molar-refractivity contribution in [1.82, 2.24) is 0 Å². The number of carbonyl (C=O) groups excluding carboxylic acids is 2. The van der Waals surface area contributed by atoms with Crippen LogP contribution in [0, 0.1) is 23.6 Å². The Labute approximate surface area is 229 Å². The van der Waals surface area contributed by atoms with Gasteiger partial charge in [-0.3, -0.25) is 4.79 Å². The fraction of sp³-hybridized carbons (Fsp3) is 0.333. The fourth-order valence-electron chi connectivity index (χ4n) is 6.06. The summed E-state index contributed by atoms with van der Waals surface area (Å²) in [6.07, 6.45) is 7.08. The summed E-state index contributed by atoms with van der Waals surface area (Å²) in [4.78, 5) is 29.3. The van der Waals surface area contributed by atoms with E-state index >= 15 is 0 Å². The lowest BCUT2D eigenvalue weighted by molar-refractivity contribution is -0.134. The van der Waals surface area contributed by atoms with Gasteiger partial charge in [-0.1, -0.05) is 42.8 Å². The summed E-state index contributed by atoms with van der Waals surface area (Å²) in [5, 5.41) is 0. The zero-order valence-electron chi connectivity index (χ0n) is 22.8. The summed E-state index contributed by atoms with van der Waals surface area (Å²) >= 11 is 0. The number of ether oxygens (including phenoxy) is 1. The first-order valence-electron chi connectivity index (χ1n) is 13.6. The highest BCUT2D eigenvalue weighted by molar-refractivity contribution is 5.96. The molecule has 0 heterocycles. The topological polar surface area (TPSA) is 49.9 Å². The molecule has 0 spiro atoms. The van der Waals surface area contributed by atoms with Crippen molar-refractivity contribution < 1.29 is 18.7 Å². The van der Waals surface area contributed by atoms with Crippen molar-refractivity contribution in [2.75, 3.05) is 31.0 Å². The second kappa shape index (κ2) is 11.4. The van der Waals surface area contributed by atoms with Crippen molar-refractivity contribution in [2.45, 2.75) is 32.2 Å². The zero-order valence-corrected chi connectivity index (χ0v) is 22.8. The average Bonchev–Trinajstić information content (AvgIpc) is 3.58. The molecule has 39 heavy (non-hydrogen) atoms. The Morgan fingerprint density at radius 1 is 0.923 bits per heavy atom. The number of rotatable bonds is 8. The van der Waals surface area contributed by atoms with Gasteiger partial charge in [0.05, 0.1) is 13.7 Å². The summed E-state index contributed by atoms with van der Waals surface area (Å²) in [5.74, 6) is 0.0702. The molecule has 3 unspecified atom stereocenters. The summed E-state index contributed by atoms with van der Waals surface area (Å²) in [6.45, 7) is 0.343. The summed E-state index contributed by atoms with van der Waals surface area (Å²) < 4.78 is 19.4. The number of hydrogen-bond donors (Lipinski definition) is 0. The van der Waals surface area contributed by atoms with Crippen LogP contribution in [0.2, 0.25) is 0 Å². The third-order valence-corrected chi connectivity index (χ3v) is 8.16. The molecule has 3 aromatic rings. The molecule has 1 amide bonds. The molecule has 6 heteroatoms. The number of halogens is 1. The third-order valence-electron chi connectivity index (χ3n) is 8.16. The van der Waals surface area contributed by atoms with Crippen LogP contribution < -0.4 is 9.80 Å². The molecule has 0 saturated heterocycles. The van der Waals surface area contributed by atoms with Crippen LogP contribution in [-0.2, 0) is 20.9 Å². The molecular formula is C33H35FN2O3. The smallest absolute Gasteiger partial charge is 0.330 e. The van der Waals surface area contributed by atoms with E-state index in [-0.39, 0.29) is 11.8 Å². The van der Waals surface area contributed by atoms with E-state index in [0.717, 1.165) is 41.6 Å². The predicted octanol–water partition coefficient (Wildman–Crippen LogP) is 6.71. The van der Waals surface area contributed by atoms with Gasteiger partial charge in [-0.25, -0.2) is 9.18 Å². The molecule has 3 aromatic carbocycles. The second-order valence-corrected chi connectivity index (χ2v) is 10.9. The van der Waals surface area contributed by atoms with Gasteiger partial charge in [0.1, 0.15) is 5.82 Å². The minimum Gasteiger partial charge on any atom is -0.466 e. The molecule has 0 radical (unpaired) electrons. The molecule has 0 aliphatic heterocycles. The van der Waals surface area contributed by atoms with Gasteiger partial charge < -0.3 is 14.5 Å². The molecule has 5 nitrogen and oxygen atoms in total. The molecule has 2 saturated carbocycles. The van der Waals surface area contributed by atoms with E-state index in [9.17, 15) is 14.0 Å². The first-order chi connectivity index (χ1) is 18.8. The highest BCUT2D eigenvalue weighted by Gasteiger charge is 2.44. The molecule has 2 aliphatic rings. The number of fused-ring (bicyclic) bond motifs is 2. The molecule has 3 atom stereocenters. The monoisotopic (exact) mass is 526 g/mol. The number of hydrogen-bond acceptors (Lipinski definition) is 4. The van der Waals surface area contributed by atoms with Crippen LogP contribution in [0.4, 0.5) is 15.8 Å². The lowest BCUT2D eigenvalue weighted by atomic mass is 9.87. The largest absolute Gasteiger partial charge is 0.466 e. The summed E-state index contributed by atoms with van der Waals surface area (Å²) in [6, 6.07) is 21.1. The number of carbonyl (C=O) groups is 2.